The molecule has 2 unspecified atom stereocenters. The van der Waals surface area contributed by atoms with Crippen LogP contribution in [0, 0.1) is 11.8 Å². The first-order valence-electron chi connectivity index (χ1n) is 10.6. The minimum Gasteiger partial charge on any atom is -0.478 e. The monoisotopic (exact) mass is 437 g/mol. The number of nitrogens with two attached hydrogens (primary N) is 1. The fourth-order valence-corrected chi connectivity index (χ4v) is 4.89. The molecule has 1 saturated heterocycles. The predicted octanol–water partition coefficient (Wildman–Crippen LogP) is 2.37. The SMILES string of the molecule is CC1(OC(=O)N2CCC(C3CC3(N)CCOc3ccc(S(C)(=O)=O)cn3)CC2)CC1. The third kappa shape index (κ3) is 4.88. The second-order valence-electron chi connectivity index (χ2n) is 9.39. The summed E-state index contributed by atoms with van der Waals surface area (Å²) in [6.07, 6.45) is 7.85. The molecule has 4 rings (SSSR count). The van der Waals surface area contributed by atoms with Gasteiger partial charge >= 0.3 is 6.09 Å². The second kappa shape index (κ2) is 7.67. The first kappa shape index (κ1) is 21.4. The number of nitrogens with zero attached hydrogens (tertiary/aromatic N) is 2. The van der Waals surface area contributed by atoms with Gasteiger partial charge in [0.1, 0.15) is 5.60 Å². The summed E-state index contributed by atoms with van der Waals surface area (Å²) in [4.78, 5) is 18.3. The van der Waals surface area contributed by atoms with Gasteiger partial charge in [-0.15, -0.1) is 0 Å². The average Bonchev–Trinajstić information content (AvgIpc) is 3.59. The number of rotatable bonds is 7. The number of aromatic nitrogens is 1. The van der Waals surface area contributed by atoms with Crippen LogP contribution in [0.5, 0.6) is 5.88 Å². The summed E-state index contributed by atoms with van der Waals surface area (Å²) in [7, 11) is -3.26. The van der Waals surface area contributed by atoms with Gasteiger partial charge in [0.25, 0.3) is 0 Å². The van der Waals surface area contributed by atoms with Crippen molar-refractivity contribution in [3.8, 4) is 5.88 Å². The van der Waals surface area contributed by atoms with Gasteiger partial charge in [-0.05, 0) is 63.4 Å². The molecule has 1 aromatic rings. The molecule has 3 fully saturated rings. The molecule has 30 heavy (non-hydrogen) atoms. The summed E-state index contributed by atoms with van der Waals surface area (Å²) >= 11 is 0. The fraction of sp³-hybridized carbons (Fsp3) is 0.714. The summed E-state index contributed by atoms with van der Waals surface area (Å²) in [6, 6.07) is 3.07. The van der Waals surface area contributed by atoms with Crippen molar-refractivity contribution in [3.63, 3.8) is 0 Å². The van der Waals surface area contributed by atoms with Gasteiger partial charge in [-0.2, -0.15) is 0 Å². The minimum atomic E-state index is -3.26. The van der Waals surface area contributed by atoms with Crippen LogP contribution in [0.25, 0.3) is 0 Å². The highest BCUT2D eigenvalue weighted by Gasteiger charge is 2.54. The number of hydrogen-bond donors (Lipinski definition) is 1. The maximum Gasteiger partial charge on any atom is 0.410 e. The van der Waals surface area contributed by atoms with E-state index in [1.165, 1.54) is 12.3 Å². The van der Waals surface area contributed by atoms with Crippen LogP contribution in [-0.4, -0.2) is 61.5 Å². The van der Waals surface area contributed by atoms with Crippen molar-refractivity contribution in [3.05, 3.63) is 18.3 Å². The van der Waals surface area contributed by atoms with Gasteiger partial charge in [0.15, 0.2) is 9.84 Å². The molecular weight excluding hydrogens is 406 g/mol. The lowest BCUT2D eigenvalue weighted by Crippen LogP contribution is -2.42. The van der Waals surface area contributed by atoms with Gasteiger partial charge in [-0.3, -0.25) is 0 Å². The largest absolute Gasteiger partial charge is 0.478 e. The van der Waals surface area contributed by atoms with Crippen molar-refractivity contribution >= 4 is 15.9 Å². The Hall–Kier alpha value is -1.87. The van der Waals surface area contributed by atoms with Crippen LogP contribution in [0.4, 0.5) is 4.79 Å². The van der Waals surface area contributed by atoms with Crippen LogP contribution in [0.3, 0.4) is 0 Å². The molecule has 2 atom stereocenters. The highest BCUT2D eigenvalue weighted by atomic mass is 32.2. The fourth-order valence-electron chi connectivity index (χ4n) is 4.33. The van der Waals surface area contributed by atoms with Crippen molar-refractivity contribution in [1.29, 1.82) is 0 Å². The molecule has 2 saturated carbocycles. The van der Waals surface area contributed by atoms with Gasteiger partial charge in [-0.25, -0.2) is 18.2 Å². The molecule has 2 aliphatic carbocycles. The van der Waals surface area contributed by atoms with E-state index < -0.39 is 9.84 Å². The van der Waals surface area contributed by atoms with E-state index in [0.29, 0.717) is 24.3 Å². The molecule has 166 valence electrons. The topological polar surface area (TPSA) is 112 Å². The number of pyridine rings is 1. The Bertz CT molecular complexity index is 892. The smallest absolute Gasteiger partial charge is 0.410 e. The Kier molecular flexibility index (Phi) is 5.47. The Morgan fingerprint density at radius 2 is 2.00 bits per heavy atom. The molecule has 0 aromatic carbocycles. The molecule has 8 nitrogen and oxygen atoms in total. The van der Waals surface area contributed by atoms with Crippen LogP contribution in [0.1, 0.15) is 45.4 Å². The van der Waals surface area contributed by atoms with E-state index in [4.69, 9.17) is 15.2 Å². The molecule has 0 radical (unpaired) electrons. The van der Waals surface area contributed by atoms with Crippen molar-refractivity contribution in [2.45, 2.75) is 61.5 Å². The molecule has 1 aromatic heterocycles. The zero-order valence-corrected chi connectivity index (χ0v) is 18.5. The lowest BCUT2D eigenvalue weighted by Gasteiger charge is -2.33. The van der Waals surface area contributed by atoms with E-state index >= 15 is 0 Å². The minimum absolute atomic E-state index is 0.175. The van der Waals surface area contributed by atoms with E-state index in [0.717, 1.165) is 57.9 Å². The van der Waals surface area contributed by atoms with Gasteiger partial charge in [0, 0.05) is 37.1 Å². The molecule has 3 aliphatic rings. The predicted molar refractivity (Wildman–Crippen MR) is 111 cm³/mol. The third-order valence-electron chi connectivity index (χ3n) is 6.79. The number of likely N-dealkylation sites (tertiary alicyclic amines) is 1. The average molecular weight is 438 g/mol. The first-order chi connectivity index (χ1) is 14.1. The standard InChI is InChI=1S/C21H31N3O5S/c1-20(7-8-20)29-19(25)24-10-5-15(6-11-24)17-13-21(17,22)9-12-28-18-4-3-16(14-23-18)30(2,26)27/h3-4,14-15,17H,5-13,22H2,1-2H3. The molecule has 9 heteroatoms. The number of sulfone groups is 1. The van der Waals surface area contributed by atoms with Crippen molar-refractivity contribution in [1.82, 2.24) is 9.88 Å². The zero-order chi connectivity index (χ0) is 21.6. The summed E-state index contributed by atoms with van der Waals surface area (Å²) in [6.45, 7) is 3.91. The number of piperidine rings is 1. The maximum atomic E-state index is 12.2. The highest BCUT2D eigenvalue weighted by molar-refractivity contribution is 7.90. The molecular formula is C21H31N3O5S. The quantitative estimate of drug-likeness (QED) is 0.697. The number of carbonyl (C=O) groups excluding carboxylic acids is 1. The highest BCUT2D eigenvalue weighted by Crippen LogP contribution is 2.51. The van der Waals surface area contributed by atoms with E-state index in [-0.39, 0.29) is 22.1 Å². The molecule has 0 bridgehead atoms. The Morgan fingerprint density at radius 3 is 2.57 bits per heavy atom. The lowest BCUT2D eigenvalue weighted by molar-refractivity contribution is 0.0472. The second-order valence-corrected chi connectivity index (χ2v) is 11.4. The van der Waals surface area contributed by atoms with Crippen molar-refractivity contribution in [2.75, 3.05) is 26.0 Å². The lowest BCUT2D eigenvalue weighted by atomic mass is 9.89. The third-order valence-corrected chi connectivity index (χ3v) is 7.89. The van der Waals surface area contributed by atoms with Gasteiger partial charge < -0.3 is 20.1 Å². The normalized spacial score (nSPS) is 28.1. The summed E-state index contributed by atoms with van der Waals surface area (Å²) in [5.74, 6) is 1.39. The number of ether oxygens (including phenoxy) is 2. The van der Waals surface area contributed by atoms with E-state index in [9.17, 15) is 13.2 Å². The van der Waals surface area contributed by atoms with E-state index in [1.807, 2.05) is 11.8 Å². The Morgan fingerprint density at radius 1 is 1.30 bits per heavy atom. The molecule has 0 spiro atoms. The van der Waals surface area contributed by atoms with Crippen LogP contribution in [0.2, 0.25) is 0 Å². The van der Waals surface area contributed by atoms with Crippen LogP contribution in [0.15, 0.2) is 23.2 Å². The van der Waals surface area contributed by atoms with E-state index in [2.05, 4.69) is 4.98 Å². The van der Waals surface area contributed by atoms with Crippen LogP contribution in [-0.2, 0) is 14.6 Å². The van der Waals surface area contributed by atoms with Crippen LogP contribution < -0.4 is 10.5 Å². The van der Waals surface area contributed by atoms with Crippen LogP contribution >= 0.6 is 0 Å². The maximum absolute atomic E-state index is 12.2. The molecule has 2 heterocycles. The first-order valence-corrected chi connectivity index (χ1v) is 12.5. The summed E-state index contributed by atoms with van der Waals surface area (Å²) < 4.78 is 34.2. The van der Waals surface area contributed by atoms with Gasteiger partial charge in [0.05, 0.1) is 11.5 Å². The summed E-state index contributed by atoms with van der Waals surface area (Å²) in [5, 5.41) is 0. The zero-order valence-electron chi connectivity index (χ0n) is 17.7. The number of hydrogen-bond acceptors (Lipinski definition) is 7. The molecule has 1 aliphatic heterocycles. The number of amides is 1. The Labute approximate surface area is 178 Å². The van der Waals surface area contributed by atoms with Gasteiger partial charge in [-0.1, -0.05) is 0 Å². The molecule has 2 N–H and O–H groups in total. The molecule has 1 amide bonds. The van der Waals surface area contributed by atoms with Crippen molar-refractivity contribution in [2.24, 2.45) is 17.6 Å². The summed E-state index contributed by atoms with van der Waals surface area (Å²) in [5.41, 5.74) is 6.12. The van der Waals surface area contributed by atoms with E-state index in [1.54, 1.807) is 6.07 Å². The van der Waals surface area contributed by atoms with Gasteiger partial charge in [0.2, 0.25) is 5.88 Å². The Balaban J connectivity index is 1.19. The number of carbonyl (C=O) groups is 1. The van der Waals surface area contributed by atoms with Crippen molar-refractivity contribution < 1.29 is 22.7 Å².